The fourth-order valence-electron chi connectivity index (χ4n) is 2.45. The number of allylic oxidation sites excluding steroid dienone is 1. The van der Waals surface area contributed by atoms with Crippen molar-refractivity contribution in [2.75, 3.05) is 0 Å². The van der Waals surface area contributed by atoms with Gasteiger partial charge in [0.25, 0.3) is 0 Å². The van der Waals surface area contributed by atoms with Gasteiger partial charge in [0.15, 0.2) is 0 Å². The van der Waals surface area contributed by atoms with Crippen LogP contribution in [0.1, 0.15) is 18.1 Å². The van der Waals surface area contributed by atoms with Crippen molar-refractivity contribution in [1.82, 2.24) is 0 Å². The first-order valence-electron chi connectivity index (χ1n) is 6.56. The van der Waals surface area contributed by atoms with E-state index in [9.17, 15) is 0 Å². The van der Waals surface area contributed by atoms with Gasteiger partial charge in [0.2, 0.25) is 0 Å². The Balaban J connectivity index is 2.12. The summed E-state index contributed by atoms with van der Waals surface area (Å²) in [5, 5.41) is 2.61. The Morgan fingerprint density at radius 1 is 0.737 bits per heavy atom. The Kier molecular flexibility index (Phi) is 3.16. The van der Waals surface area contributed by atoms with E-state index in [4.69, 9.17) is 0 Å². The first kappa shape index (κ1) is 11.7. The highest BCUT2D eigenvalue weighted by Gasteiger charge is 2.01. The van der Waals surface area contributed by atoms with Crippen LogP contribution in [0.3, 0.4) is 0 Å². The van der Waals surface area contributed by atoms with E-state index in [1.165, 1.54) is 27.5 Å². The quantitative estimate of drug-likeness (QED) is 0.529. The van der Waals surface area contributed by atoms with E-state index in [-0.39, 0.29) is 0 Å². The minimum Gasteiger partial charge on any atom is -0.0622 e. The monoisotopic (exact) mass is 244 g/mol. The second-order valence-electron chi connectivity index (χ2n) is 4.76. The summed E-state index contributed by atoms with van der Waals surface area (Å²) in [5.41, 5.74) is 3.85. The molecule has 0 atom stereocenters. The third-order valence-corrected chi connectivity index (χ3v) is 3.40. The van der Waals surface area contributed by atoms with Crippen LogP contribution in [0, 0.1) is 0 Å². The largest absolute Gasteiger partial charge is 0.0622 e. The van der Waals surface area contributed by atoms with Gasteiger partial charge in [-0.1, -0.05) is 78.9 Å². The molecule has 0 fully saturated rings. The highest BCUT2D eigenvalue weighted by atomic mass is 14.1. The summed E-state index contributed by atoms with van der Waals surface area (Å²) in [7, 11) is 0. The van der Waals surface area contributed by atoms with E-state index in [0.29, 0.717) is 0 Å². The summed E-state index contributed by atoms with van der Waals surface area (Å²) in [4.78, 5) is 0. The van der Waals surface area contributed by atoms with Crippen molar-refractivity contribution in [3.8, 4) is 0 Å². The second-order valence-corrected chi connectivity index (χ2v) is 4.76. The highest BCUT2D eigenvalue weighted by molar-refractivity contribution is 5.97. The Bertz CT molecular complexity index is 716. The minimum atomic E-state index is 1.24. The molecule has 0 saturated heterocycles. The number of hydrogen-bond donors (Lipinski definition) is 0. The van der Waals surface area contributed by atoms with Gasteiger partial charge in [-0.15, -0.1) is 0 Å². The Morgan fingerprint density at radius 2 is 1.42 bits per heavy atom. The lowest BCUT2D eigenvalue weighted by Crippen LogP contribution is -1.83. The summed E-state index contributed by atoms with van der Waals surface area (Å²) in [6.45, 7) is 2.18. The van der Waals surface area contributed by atoms with E-state index in [2.05, 4.69) is 79.7 Å². The predicted molar refractivity (Wildman–Crippen MR) is 83.9 cm³/mol. The van der Waals surface area contributed by atoms with Gasteiger partial charge in [-0.3, -0.25) is 0 Å². The maximum absolute atomic E-state index is 2.24. The number of hydrogen-bond acceptors (Lipinski definition) is 0. The molecule has 3 aromatic rings. The zero-order chi connectivity index (χ0) is 13.1. The van der Waals surface area contributed by atoms with E-state index >= 15 is 0 Å². The van der Waals surface area contributed by atoms with Crippen molar-refractivity contribution in [2.24, 2.45) is 0 Å². The molecule has 19 heavy (non-hydrogen) atoms. The van der Waals surface area contributed by atoms with Crippen LogP contribution < -0.4 is 0 Å². The van der Waals surface area contributed by atoms with Gasteiger partial charge in [0.1, 0.15) is 0 Å². The van der Waals surface area contributed by atoms with E-state index < -0.39 is 0 Å². The molecule has 0 heterocycles. The van der Waals surface area contributed by atoms with Crippen LogP contribution in [0.2, 0.25) is 0 Å². The van der Waals surface area contributed by atoms with Crippen LogP contribution in [-0.2, 0) is 0 Å². The summed E-state index contributed by atoms with van der Waals surface area (Å²) in [6.07, 6.45) is 2.24. The third kappa shape index (κ3) is 2.43. The standard InChI is InChI=1S/C19H16/c1-15(14-16-8-3-2-4-9-16)18-13-7-11-17-10-5-6-12-19(17)18/h2-14H,1H3. The number of fused-ring (bicyclic) bond motifs is 1. The van der Waals surface area contributed by atoms with Crippen molar-refractivity contribution in [3.63, 3.8) is 0 Å². The molecule has 3 aromatic carbocycles. The Hall–Kier alpha value is -2.34. The molecule has 0 nitrogen and oxygen atoms in total. The molecule has 0 N–H and O–H groups in total. The number of benzene rings is 3. The van der Waals surface area contributed by atoms with Crippen LogP contribution in [0.4, 0.5) is 0 Å². The maximum atomic E-state index is 2.24. The van der Waals surface area contributed by atoms with Crippen molar-refractivity contribution in [3.05, 3.63) is 83.9 Å². The molecule has 0 aromatic heterocycles. The fraction of sp³-hybridized carbons (Fsp3) is 0.0526. The first-order chi connectivity index (χ1) is 9.34. The SMILES string of the molecule is CC(=Cc1ccccc1)c1cccc2ccccc12. The summed E-state index contributed by atoms with van der Waals surface area (Å²) < 4.78 is 0. The van der Waals surface area contributed by atoms with Gasteiger partial charge in [-0.25, -0.2) is 0 Å². The normalized spacial score (nSPS) is 11.7. The molecule has 0 amide bonds. The zero-order valence-corrected chi connectivity index (χ0v) is 11.0. The lowest BCUT2D eigenvalue weighted by atomic mass is 9.98. The van der Waals surface area contributed by atoms with Crippen molar-refractivity contribution < 1.29 is 0 Å². The van der Waals surface area contributed by atoms with Gasteiger partial charge in [0.05, 0.1) is 0 Å². The van der Waals surface area contributed by atoms with E-state index in [1.54, 1.807) is 0 Å². The molecule has 0 aliphatic carbocycles. The van der Waals surface area contributed by atoms with Crippen molar-refractivity contribution in [1.29, 1.82) is 0 Å². The van der Waals surface area contributed by atoms with E-state index in [0.717, 1.165) is 0 Å². The van der Waals surface area contributed by atoms with Crippen LogP contribution in [-0.4, -0.2) is 0 Å². The maximum Gasteiger partial charge on any atom is -0.0109 e. The predicted octanol–water partition coefficient (Wildman–Crippen LogP) is 5.40. The van der Waals surface area contributed by atoms with Crippen LogP contribution in [0.25, 0.3) is 22.4 Å². The smallest absolute Gasteiger partial charge is 0.0109 e. The molecule has 0 aliphatic rings. The minimum absolute atomic E-state index is 1.24. The van der Waals surface area contributed by atoms with Gasteiger partial charge in [-0.2, -0.15) is 0 Å². The zero-order valence-electron chi connectivity index (χ0n) is 11.0. The van der Waals surface area contributed by atoms with Gasteiger partial charge >= 0.3 is 0 Å². The van der Waals surface area contributed by atoms with Gasteiger partial charge in [0, 0.05) is 0 Å². The summed E-state index contributed by atoms with van der Waals surface area (Å²) in [6, 6.07) is 25.5. The average Bonchev–Trinajstić information content (AvgIpc) is 2.47. The molecular formula is C19H16. The Morgan fingerprint density at radius 3 is 2.26 bits per heavy atom. The molecular weight excluding hydrogens is 228 g/mol. The lowest BCUT2D eigenvalue weighted by Gasteiger charge is -2.07. The lowest BCUT2D eigenvalue weighted by molar-refractivity contribution is 1.61. The molecule has 0 spiro atoms. The Labute approximate surface area is 114 Å². The molecule has 0 heteroatoms. The highest BCUT2D eigenvalue weighted by Crippen LogP contribution is 2.26. The molecule has 0 saturated carbocycles. The molecule has 92 valence electrons. The van der Waals surface area contributed by atoms with E-state index in [1.807, 2.05) is 6.07 Å². The molecule has 3 rings (SSSR count). The molecule has 0 unspecified atom stereocenters. The topological polar surface area (TPSA) is 0 Å². The van der Waals surface area contributed by atoms with Crippen molar-refractivity contribution in [2.45, 2.75) is 6.92 Å². The fourth-order valence-corrected chi connectivity index (χ4v) is 2.45. The molecule has 0 aliphatic heterocycles. The molecule has 0 radical (unpaired) electrons. The average molecular weight is 244 g/mol. The van der Waals surface area contributed by atoms with Gasteiger partial charge < -0.3 is 0 Å². The molecule has 0 bridgehead atoms. The van der Waals surface area contributed by atoms with Crippen LogP contribution in [0.15, 0.2) is 72.8 Å². The van der Waals surface area contributed by atoms with Crippen LogP contribution in [0.5, 0.6) is 0 Å². The van der Waals surface area contributed by atoms with Crippen LogP contribution >= 0.6 is 0 Å². The summed E-state index contributed by atoms with van der Waals surface area (Å²) >= 11 is 0. The first-order valence-corrected chi connectivity index (χ1v) is 6.56. The summed E-state index contributed by atoms with van der Waals surface area (Å²) in [5.74, 6) is 0. The van der Waals surface area contributed by atoms with Crippen molar-refractivity contribution >= 4 is 22.4 Å². The van der Waals surface area contributed by atoms with Gasteiger partial charge in [-0.05, 0) is 34.4 Å². The number of rotatable bonds is 2. The second kappa shape index (κ2) is 5.11. The third-order valence-electron chi connectivity index (χ3n) is 3.40.